The van der Waals surface area contributed by atoms with Gasteiger partial charge in [-0.1, -0.05) is 6.92 Å². The fourth-order valence-corrected chi connectivity index (χ4v) is 4.07. The number of likely N-dealkylation sites (N-methyl/N-ethyl adjacent to an activating group) is 1. The van der Waals surface area contributed by atoms with Crippen molar-refractivity contribution >= 4 is 10.0 Å². The molecule has 1 aliphatic rings. The zero-order valence-corrected chi connectivity index (χ0v) is 13.2. The molecule has 0 radical (unpaired) electrons. The SMILES string of the molecule is COc1ccc(S(=O)(=O)N[C@@H]2CN(C)C[C@@H]2C)cc1C. The molecule has 0 saturated carbocycles. The van der Waals surface area contributed by atoms with Crippen LogP contribution in [0.5, 0.6) is 5.75 Å². The average Bonchev–Trinajstić information content (AvgIpc) is 2.67. The minimum absolute atomic E-state index is 0.0348. The van der Waals surface area contributed by atoms with E-state index in [0.717, 1.165) is 18.7 Å². The van der Waals surface area contributed by atoms with Gasteiger partial charge in [-0.25, -0.2) is 13.1 Å². The lowest BCUT2D eigenvalue weighted by Gasteiger charge is -2.17. The fourth-order valence-electron chi connectivity index (χ4n) is 2.65. The summed E-state index contributed by atoms with van der Waals surface area (Å²) >= 11 is 0. The predicted molar refractivity (Wildman–Crippen MR) is 78.5 cm³/mol. The maximum absolute atomic E-state index is 12.4. The first-order valence-electron chi connectivity index (χ1n) is 6.69. The van der Waals surface area contributed by atoms with Crippen molar-refractivity contribution in [2.45, 2.75) is 24.8 Å². The molecule has 2 rings (SSSR count). The Hall–Kier alpha value is -1.11. The lowest BCUT2D eigenvalue weighted by Crippen LogP contribution is -2.39. The van der Waals surface area contributed by atoms with Gasteiger partial charge in [0.05, 0.1) is 12.0 Å². The van der Waals surface area contributed by atoms with Crippen molar-refractivity contribution in [2.24, 2.45) is 5.92 Å². The van der Waals surface area contributed by atoms with Gasteiger partial charge in [-0.15, -0.1) is 0 Å². The number of nitrogens with one attached hydrogen (secondary N) is 1. The fraction of sp³-hybridized carbons (Fsp3) is 0.571. The van der Waals surface area contributed by atoms with Crippen LogP contribution >= 0.6 is 0 Å². The van der Waals surface area contributed by atoms with Crippen LogP contribution in [0.2, 0.25) is 0 Å². The van der Waals surface area contributed by atoms with Gasteiger partial charge in [-0.05, 0) is 43.7 Å². The first kappa shape index (κ1) is 15.3. The summed E-state index contributed by atoms with van der Waals surface area (Å²) in [6.45, 7) is 5.56. The highest BCUT2D eigenvalue weighted by molar-refractivity contribution is 7.89. The summed E-state index contributed by atoms with van der Waals surface area (Å²) in [4.78, 5) is 2.43. The third-order valence-corrected chi connectivity index (χ3v) is 5.27. The maximum atomic E-state index is 12.4. The molecule has 20 heavy (non-hydrogen) atoms. The molecule has 1 aromatic carbocycles. The van der Waals surface area contributed by atoms with E-state index in [1.165, 1.54) is 0 Å². The number of ether oxygens (including phenoxy) is 1. The second kappa shape index (κ2) is 5.71. The Morgan fingerprint density at radius 2 is 2.05 bits per heavy atom. The van der Waals surface area contributed by atoms with Gasteiger partial charge in [0.2, 0.25) is 10.0 Å². The quantitative estimate of drug-likeness (QED) is 0.908. The molecular weight excluding hydrogens is 276 g/mol. The Bertz CT molecular complexity index is 586. The van der Waals surface area contributed by atoms with Crippen LogP contribution in [-0.4, -0.2) is 46.6 Å². The van der Waals surface area contributed by atoms with Crippen LogP contribution in [0.15, 0.2) is 23.1 Å². The first-order chi connectivity index (χ1) is 9.33. The van der Waals surface area contributed by atoms with Crippen LogP contribution in [0.4, 0.5) is 0 Å². The number of hydrogen-bond acceptors (Lipinski definition) is 4. The minimum atomic E-state index is -3.48. The highest BCUT2D eigenvalue weighted by Gasteiger charge is 2.31. The van der Waals surface area contributed by atoms with E-state index in [-0.39, 0.29) is 10.9 Å². The molecule has 0 bridgehead atoms. The van der Waals surface area contributed by atoms with E-state index in [2.05, 4.69) is 16.5 Å². The van der Waals surface area contributed by atoms with Crippen LogP contribution < -0.4 is 9.46 Å². The third-order valence-electron chi connectivity index (χ3n) is 3.78. The normalized spacial score (nSPS) is 24.0. The predicted octanol–water partition coefficient (Wildman–Crippen LogP) is 1.23. The van der Waals surface area contributed by atoms with Gasteiger partial charge in [-0.2, -0.15) is 0 Å². The van der Waals surface area contributed by atoms with Crippen LogP contribution in [-0.2, 0) is 10.0 Å². The molecule has 0 aromatic heterocycles. The van der Waals surface area contributed by atoms with Crippen molar-refractivity contribution in [1.82, 2.24) is 9.62 Å². The van der Waals surface area contributed by atoms with E-state index < -0.39 is 10.0 Å². The molecule has 112 valence electrons. The molecule has 1 fully saturated rings. The number of aryl methyl sites for hydroxylation is 1. The van der Waals surface area contributed by atoms with Crippen molar-refractivity contribution in [3.05, 3.63) is 23.8 Å². The molecule has 6 heteroatoms. The Morgan fingerprint density at radius 1 is 1.35 bits per heavy atom. The monoisotopic (exact) mass is 298 g/mol. The molecule has 0 aliphatic carbocycles. The summed E-state index contributed by atoms with van der Waals surface area (Å²) in [5.74, 6) is 1.01. The van der Waals surface area contributed by atoms with Gasteiger partial charge in [0.25, 0.3) is 0 Å². The van der Waals surface area contributed by atoms with Gasteiger partial charge in [0, 0.05) is 19.1 Å². The Kier molecular flexibility index (Phi) is 4.36. The van der Waals surface area contributed by atoms with Crippen LogP contribution in [0.1, 0.15) is 12.5 Å². The average molecular weight is 298 g/mol. The van der Waals surface area contributed by atoms with Gasteiger partial charge in [0.1, 0.15) is 5.75 Å². The Labute approximate surface area is 121 Å². The lowest BCUT2D eigenvalue weighted by molar-refractivity contribution is 0.400. The second-order valence-electron chi connectivity index (χ2n) is 5.56. The molecule has 1 aliphatic heterocycles. The van der Waals surface area contributed by atoms with Crippen molar-refractivity contribution in [2.75, 3.05) is 27.2 Å². The molecule has 1 N–H and O–H groups in total. The highest BCUT2D eigenvalue weighted by Crippen LogP contribution is 2.23. The van der Waals surface area contributed by atoms with Crippen LogP contribution in [0.3, 0.4) is 0 Å². The number of benzene rings is 1. The van der Waals surface area contributed by atoms with Crippen molar-refractivity contribution in [1.29, 1.82) is 0 Å². The van der Waals surface area contributed by atoms with E-state index in [1.807, 2.05) is 14.0 Å². The first-order valence-corrected chi connectivity index (χ1v) is 8.17. The van der Waals surface area contributed by atoms with Crippen LogP contribution in [0, 0.1) is 12.8 Å². The summed E-state index contributed by atoms with van der Waals surface area (Å²) in [5, 5.41) is 0. The maximum Gasteiger partial charge on any atom is 0.240 e. The van der Waals surface area contributed by atoms with Crippen molar-refractivity contribution in [3.63, 3.8) is 0 Å². The standard InChI is InChI=1S/C14H22N2O3S/c1-10-7-12(5-6-14(10)19-4)20(17,18)15-13-9-16(3)8-11(13)2/h5-7,11,13,15H,8-9H2,1-4H3/t11-,13+/m0/s1. The minimum Gasteiger partial charge on any atom is -0.496 e. The molecule has 1 saturated heterocycles. The van der Waals surface area contributed by atoms with Crippen molar-refractivity contribution in [3.8, 4) is 5.75 Å². The summed E-state index contributed by atoms with van der Waals surface area (Å²) in [6, 6.07) is 4.88. The zero-order valence-electron chi connectivity index (χ0n) is 12.4. The summed E-state index contributed by atoms with van der Waals surface area (Å²) in [5.41, 5.74) is 0.812. The molecule has 1 aromatic rings. The highest BCUT2D eigenvalue weighted by atomic mass is 32.2. The zero-order chi connectivity index (χ0) is 14.9. The molecule has 0 amide bonds. The number of sulfonamides is 1. The summed E-state index contributed by atoms with van der Waals surface area (Å²) in [7, 11) is 0.0968. The van der Waals surface area contributed by atoms with Gasteiger partial charge < -0.3 is 9.64 Å². The van der Waals surface area contributed by atoms with Gasteiger partial charge >= 0.3 is 0 Å². The molecule has 0 spiro atoms. The number of hydrogen-bond donors (Lipinski definition) is 1. The second-order valence-corrected chi connectivity index (χ2v) is 7.27. The van der Waals surface area contributed by atoms with Crippen molar-refractivity contribution < 1.29 is 13.2 Å². The number of likely N-dealkylation sites (tertiary alicyclic amines) is 1. The number of methoxy groups -OCH3 is 1. The van der Waals surface area contributed by atoms with E-state index in [9.17, 15) is 8.42 Å². The lowest BCUT2D eigenvalue weighted by atomic mass is 10.1. The van der Waals surface area contributed by atoms with Crippen LogP contribution in [0.25, 0.3) is 0 Å². The summed E-state index contributed by atoms with van der Waals surface area (Å²) in [6.07, 6.45) is 0. The summed E-state index contributed by atoms with van der Waals surface area (Å²) < 4.78 is 32.8. The van der Waals surface area contributed by atoms with E-state index in [0.29, 0.717) is 11.7 Å². The largest absolute Gasteiger partial charge is 0.496 e. The van der Waals surface area contributed by atoms with E-state index in [1.54, 1.807) is 25.3 Å². The Balaban J connectivity index is 2.20. The molecule has 2 atom stereocenters. The van der Waals surface area contributed by atoms with E-state index in [4.69, 9.17) is 4.74 Å². The molecule has 0 unspecified atom stereocenters. The number of rotatable bonds is 4. The smallest absolute Gasteiger partial charge is 0.240 e. The molecule has 5 nitrogen and oxygen atoms in total. The molecule has 1 heterocycles. The van der Waals surface area contributed by atoms with Gasteiger partial charge in [0.15, 0.2) is 0 Å². The van der Waals surface area contributed by atoms with E-state index >= 15 is 0 Å². The molecular formula is C14H22N2O3S. The third kappa shape index (κ3) is 3.13. The number of nitrogens with zero attached hydrogens (tertiary/aromatic N) is 1. The van der Waals surface area contributed by atoms with Gasteiger partial charge in [-0.3, -0.25) is 0 Å². The topological polar surface area (TPSA) is 58.6 Å². The Morgan fingerprint density at radius 3 is 2.55 bits per heavy atom.